The summed E-state index contributed by atoms with van der Waals surface area (Å²) >= 11 is -1.13. The quantitative estimate of drug-likeness (QED) is 0.655. The van der Waals surface area contributed by atoms with Crippen molar-refractivity contribution in [2.24, 2.45) is 0 Å². The Morgan fingerprint density at radius 1 is 0.519 bits per heavy atom. The molecule has 0 saturated carbocycles. The zero-order valence-electron chi connectivity index (χ0n) is 19.9. The van der Waals surface area contributed by atoms with E-state index in [0.29, 0.717) is 0 Å². The van der Waals surface area contributed by atoms with Gasteiger partial charge >= 0.3 is 187 Å². The summed E-state index contributed by atoms with van der Waals surface area (Å²) in [6.45, 7) is 27.8. The molecule has 2 N–H and O–H groups in total. The monoisotopic (exact) mass is 396 g/mol. The van der Waals surface area contributed by atoms with Gasteiger partial charge in [0.2, 0.25) is 0 Å². The third kappa shape index (κ3) is 5.46. The Hall–Kier alpha value is -0.180. The van der Waals surface area contributed by atoms with Crippen LogP contribution in [0.5, 0.6) is 0 Å². The number of aromatic nitrogens is 2. The van der Waals surface area contributed by atoms with E-state index in [9.17, 15) is 0 Å². The van der Waals surface area contributed by atoms with Gasteiger partial charge in [0, 0.05) is 0 Å². The Kier molecular flexibility index (Phi) is 6.21. The topological polar surface area (TPSA) is 31.6 Å². The van der Waals surface area contributed by atoms with Crippen molar-refractivity contribution in [1.82, 2.24) is 9.97 Å². The molecule has 0 bridgehead atoms. The van der Waals surface area contributed by atoms with Gasteiger partial charge in [-0.3, -0.25) is 0 Å². The first-order chi connectivity index (χ1) is 11.9. The van der Waals surface area contributed by atoms with Gasteiger partial charge in [0.15, 0.2) is 0 Å². The number of nitrogens with one attached hydrogen (secondary N) is 2. The molecule has 27 heavy (non-hydrogen) atoms. The first-order valence-electron chi connectivity index (χ1n) is 10.4. The molecule has 2 heterocycles. The molecule has 2 nitrogen and oxygen atoms in total. The van der Waals surface area contributed by atoms with Crippen molar-refractivity contribution in [3.8, 4) is 0 Å². The molecule has 2 aromatic heterocycles. The van der Waals surface area contributed by atoms with E-state index in [2.05, 4.69) is 105 Å². The number of rotatable bonds is 2. The molecule has 0 aliphatic heterocycles. The Labute approximate surface area is 185 Å². The van der Waals surface area contributed by atoms with Gasteiger partial charge in [-0.25, -0.2) is 0 Å². The number of hydrogen-bond donors (Lipinski definition) is 2. The van der Waals surface area contributed by atoms with Gasteiger partial charge in [0.25, 0.3) is 0 Å². The molecule has 0 saturated heterocycles. The van der Waals surface area contributed by atoms with E-state index in [1.165, 1.54) is 22.8 Å². The van der Waals surface area contributed by atoms with Gasteiger partial charge in [-0.05, 0) is 0 Å². The summed E-state index contributed by atoms with van der Waals surface area (Å²) in [4.78, 5) is 7.63. The molecular formula is C24H40CaN2. The molecule has 0 atom stereocenters. The third-order valence-electron chi connectivity index (χ3n) is 5.30. The van der Waals surface area contributed by atoms with Crippen LogP contribution in [0.4, 0.5) is 0 Å². The van der Waals surface area contributed by atoms with E-state index in [-0.39, 0.29) is 21.7 Å². The Morgan fingerprint density at radius 3 is 1.04 bits per heavy atom. The zero-order valence-corrected chi connectivity index (χ0v) is 22.1. The molecule has 0 aliphatic rings. The van der Waals surface area contributed by atoms with Crippen molar-refractivity contribution in [1.29, 1.82) is 0 Å². The average Bonchev–Trinajstić information content (AvgIpc) is 3.00. The van der Waals surface area contributed by atoms with Crippen molar-refractivity contribution in [3.05, 3.63) is 34.9 Å². The maximum atomic E-state index is 3.81. The number of H-pyrrole nitrogens is 2. The molecule has 0 spiro atoms. The Morgan fingerprint density at radius 2 is 0.815 bits per heavy atom. The van der Waals surface area contributed by atoms with Crippen LogP contribution in [0.3, 0.4) is 0 Å². The fourth-order valence-electron chi connectivity index (χ4n) is 3.63. The molecule has 0 amide bonds. The number of hydrogen-bond acceptors (Lipinski definition) is 0. The van der Waals surface area contributed by atoms with Crippen molar-refractivity contribution in [3.63, 3.8) is 0 Å². The normalized spacial score (nSPS) is 13.8. The van der Waals surface area contributed by atoms with E-state index in [4.69, 9.17) is 0 Å². The Balaban J connectivity index is 2.60. The molecule has 3 heteroatoms. The van der Waals surface area contributed by atoms with E-state index in [0.717, 1.165) is 0 Å². The van der Waals surface area contributed by atoms with E-state index < -0.39 is 33.8 Å². The first-order valence-corrected chi connectivity index (χ1v) is 12.6. The SMILES string of the molecule is CC(C)(C)c1c[c]([Ca][c]2cc(C(C)(C)C)[nH]c2C(C)(C)C)c(C(C)(C)C)[nH]1. The minimum absolute atomic E-state index is 0.148. The third-order valence-corrected chi connectivity index (χ3v) is 8.23. The average molecular weight is 397 g/mol. The molecule has 2 aromatic rings. The van der Waals surface area contributed by atoms with Crippen molar-refractivity contribution in [2.45, 2.75) is 105 Å². The van der Waals surface area contributed by atoms with Gasteiger partial charge in [-0.2, -0.15) is 0 Å². The molecule has 0 radical (unpaired) electrons. The first kappa shape index (κ1) is 23.1. The van der Waals surface area contributed by atoms with Crippen molar-refractivity contribution >= 4 is 37.2 Å². The molecule has 0 aromatic carbocycles. The zero-order chi connectivity index (χ0) is 21.0. The fourth-order valence-corrected chi connectivity index (χ4v) is 7.71. The van der Waals surface area contributed by atoms with Gasteiger partial charge < -0.3 is 0 Å². The van der Waals surface area contributed by atoms with Gasteiger partial charge in [-0.1, -0.05) is 0 Å². The van der Waals surface area contributed by atoms with Crippen LogP contribution >= 0.6 is 0 Å². The van der Waals surface area contributed by atoms with Gasteiger partial charge in [0.1, 0.15) is 0 Å². The Bertz CT molecular complexity index is 725. The standard InChI is InChI=1S/2C12H20N.Ca/c2*1-11(2,3)9-7-8-10(13-9)12(4,5)6;/h2*7,13H,1-6H3;. The second kappa shape index (κ2) is 7.26. The van der Waals surface area contributed by atoms with Gasteiger partial charge in [-0.15, -0.1) is 0 Å². The van der Waals surface area contributed by atoms with E-state index >= 15 is 0 Å². The van der Waals surface area contributed by atoms with E-state index in [1.54, 1.807) is 3.32 Å². The fraction of sp³-hybridized carbons (Fsp3) is 0.667. The van der Waals surface area contributed by atoms with Crippen molar-refractivity contribution in [2.75, 3.05) is 0 Å². The van der Waals surface area contributed by atoms with Crippen LogP contribution in [0.1, 0.15) is 106 Å². The van der Waals surface area contributed by atoms with Crippen LogP contribution in [-0.2, 0) is 21.7 Å². The second-order valence-corrected chi connectivity index (χ2v) is 15.3. The van der Waals surface area contributed by atoms with Crippen LogP contribution < -0.4 is 3.32 Å². The van der Waals surface area contributed by atoms with Crippen LogP contribution in [0.25, 0.3) is 0 Å². The molecular weight excluding hydrogens is 356 g/mol. The van der Waals surface area contributed by atoms with Crippen LogP contribution in [0.2, 0.25) is 0 Å². The van der Waals surface area contributed by atoms with Crippen LogP contribution in [0.15, 0.2) is 12.1 Å². The number of aromatic amines is 2. The van der Waals surface area contributed by atoms with Crippen LogP contribution in [-0.4, -0.2) is 43.8 Å². The summed E-state index contributed by atoms with van der Waals surface area (Å²) in [6, 6.07) is 4.97. The van der Waals surface area contributed by atoms with Crippen LogP contribution in [0, 0.1) is 0 Å². The molecule has 0 fully saturated rings. The summed E-state index contributed by atoms with van der Waals surface area (Å²) in [5.74, 6) is 0. The minimum atomic E-state index is -1.13. The second-order valence-electron chi connectivity index (χ2n) is 12.3. The summed E-state index contributed by atoms with van der Waals surface area (Å²) in [5, 5.41) is 0. The predicted molar refractivity (Wildman–Crippen MR) is 121 cm³/mol. The summed E-state index contributed by atoms with van der Waals surface area (Å²) < 4.78 is 3.23. The maximum absolute atomic E-state index is 3.81. The molecule has 0 unspecified atom stereocenters. The predicted octanol–water partition coefficient (Wildman–Crippen LogP) is 5.19. The molecule has 2 rings (SSSR count). The summed E-state index contributed by atoms with van der Waals surface area (Å²) in [6.07, 6.45) is 0. The van der Waals surface area contributed by atoms with E-state index in [1.807, 2.05) is 0 Å². The van der Waals surface area contributed by atoms with Crippen molar-refractivity contribution < 1.29 is 0 Å². The molecule has 148 valence electrons. The molecule has 0 aliphatic carbocycles. The van der Waals surface area contributed by atoms with Gasteiger partial charge in [0.05, 0.1) is 0 Å². The summed E-state index contributed by atoms with van der Waals surface area (Å²) in [7, 11) is 0. The summed E-state index contributed by atoms with van der Waals surface area (Å²) in [5.41, 5.74) is 6.25.